The number of carbonyl (C=O) groups excluding carboxylic acids is 4. The van der Waals surface area contributed by atoms with Gasteiger partial charge in [0.25, 0.3) is 17.3 Å². The summed E-state index contributed by atoms with van der Waals surface area (Å²) >= 11 is 0. The summed E-state index contributed by atoms with van der Waals surface area (Å²) in [7, 11) is 0. The Morgan fingerprint density at radius 3 is 1.35 bits per heavy atom. The number of nitrogens with two attached hydrogens (primary N) is 1. The minimum atomic E-state index is -4.88. The van der Waals surface area contributed by atoms with E-state index in [2.05, 4.69) is 16.0 Å². The van der Waals surface area contributed by atoms with Gasteiger partial charge in [-0.25, -0.2) is 0 Å². The Morgan fingerprint density at radius 1 is 0.561 bits per heavy atom. The molecule has 0 radical (unpaired) electrons. The number of benzene rings is 6. The summed E-state index contributed by atoms with van der Waals surface area (Å²) in [6.45, 7) is 4.82. The third-order valence-electron chi connectivity index (χ3n) is 11.4. The second-order valence-electron chi connectivity index (χ2n) is 17.7. The maximum Gasteiger partial charge on any atom is 1.00 e. The Labute approximate surface area is 474 Å². The van der Waals surface area contributed by atoms with E-state index in [4.69, 9.17) is 24.0 Å². The molecule has 26 heteroatoms. The number of carboxylic acids is 1. The Hall–Kier alpha value is -9.18. The van der Waals surface area contributed by atoms with E-state index >= 15 is 0 Å². The fraction of sp³-hybridized carbons (Fsp3) is 0.214. The third kappa shape index (κ3) is 18.7. The molecule has 0 unspecified atom stereocenters. The van der Waals surface area contributed by atoms with Crippen LogP contribution in [0.3, 0.4) is 0 Å². The number of nitrogens with one attached hydrogen (secondary N) is 3. The van der Waals surface area contributed by atoms with Crippen LogP contribution in [-0.4, -0.2) is 59.6 Å². The maximum absolute atomic E-state index is 13.2. The molecule has 0 saturated carbocycles. The molecular formula is C56H49F6LiN6O13. The first-order valence-electron chi connectivity index (χ1n) is 24.3. The molecule has 0 aliphatic rings. The number of ketones is 2. The number of furan rings is 2. The molecule has 5 N–H and O–H groups in total. The van der Waals surface area contributed by atoms with Crippen molar-refractivity contribution in [2.45, 2.75) is 51.9 Å². The van der Waals surface area contributed by atoms with Gasteiger partial charge in [0.1, 0.15) is 64.5 Å². The molecule has 0 saturated heterocycles. The van der Waals surface area contributed by atoms with Gasteiger partial charge >= 0.3 is 31.2 Å². The number of aryl methyl sites for hydroxylation is 4. The quantitative estimate of drug-likeness (QED) is 0.0133. The molecule has 0 fully saturated rings. The summed E-state index contributed by atoms with van der Waals surface area (Å²) in [5.74, 6) is -1.61. The predicted octanol–water partition coefficient (Wildman–Crippen LogP) is 7.80. The van der Waals surface area contributed by atoms with Gasteiger partial charge in [0.2, 0.25) is 5.78 Å². The van der Waals surface area contributed by atoms with Gasteiger partial charge in [0.15, 0.2) is 5.78 Å². The average Bonchev–Trinajstić information content (AvgIpc) is 4.06. The van der Waals surface area contributed by atoms with Crippen molar-refractivity contribution in [3.63, 3.8) is 0 Å². The molecule has 0 aliphatic carbocycles. The number of ether oxygens (including phenoxy) is 2. The van der Waals surface area contributed by atoms with Gasteiger partial charge in [-0.2, -0.15) is 26.3 Å². The van der Waals surface area contributed by atoms with Crippen LogP contribution in [0.15, 0.2) is 142 Å². The Balaban J connectivity index is 0.000000248. The van der Waals surface area contributed by atoms with Crippen LogP contribution >= 0.6 is 0 Å². The van der Waals surface area contributed by atoms with Crippen LogP contribution in [0.5, 0.6) is 11.5 Å². The Morgan fingerprint density at radius 2 is 0.963 bits per heavy atom. The van der Waals surface area contributed by atoms with E-state index in [1.54, 1.807) is 48.5 Å². The molecule has 0 bridgehead atoms. The first kappa shape index (κ1) is 63.6. The van der Waals surface area contributed by atoms with Crippen molar-refractivity contribution in [2.75, 3.05) is 36.9 Å². The minimum absolute atomic E-state index is 0. The molecule has 1 amide bonds. The fourth-order valence-electron chi connectivity index (χ4n) is 7.58. The van der Waals surface area contributed by atoms with Crippen molar-refractivity contribution >= 4 is 79.5 Å². The van der Waals surface area contributed by atoms with E-state index in [0.717, 1.165) is 45.2 Å². The van der Waals surface area contributed by atoms with Crippen molar-refractivity contribution in [3.05, 3.63) is 187 Å². The molecule has 8 rings (SSSR count). The SMILES string of the molecule is Cc1ccc2oc(CCC(=O)C(=O)NCCOc3ccc(Nc4ccc([N+](=O)[O-])c(C(F)(F)F)c4)cc3)cc2c1.Cc1ccc2oc(CCC(=O)C(=O)[O-])cc2c1.NCCOc1ccc(Nc2ccc([N+](=O)[O-])c(C(F)(F)F)c2)cc1.[Li+]. The number of carboxylic acid groups (broad SMARTS) is 1. The zero-order chi connectivity index (χ0) is 59.0. The average molecular weight is 1130 g/mol. The van der Waals surface area contributed by atoms with Gasteiger partial charge in [0.05, 0.1) is 16.4 Å². The molecule has 0 spiro atoms. The second kappa shape index (κ2) is 28.8. The number of halogens is 6. The first-order chi connectivity index (χ1) is 38.4. The number of rotatable bonds is 21. The summed E-state index contributed by atoms with van der Waals surface area (Å²) in [6.07, 6.45) is -9.22. The summed E-state index contributed by atoms with van der Waals surface area (Å²) < 4.78 is 100. The standard InChI is InChI=1S/C28H24F3N3O6.C15H14F3N3O3.C13H12O4.Li/c1-17-2-11-26-18(14-17)15-22(40-26)8-10-25(35)27(36)32-12-13-39-21-6-3-19(4-7-21)33-20-5-9-24(34(37)38)23(16-20)28(29,30)31;16-15(17,18)13-9-11(3-6-14(13)21(22)23)20-10-1-4-12(5-2-10)24-8-7-19;1-8-2-5-12-9(6-8)7-10(17-12)3-4-11(14)13(15)16;/h2-7,9,11,14-16,33H,8,10,12-13H2,1H3,(H,32,36);1-6,9,20H,7-8,19H2;2,5-7H,3-4H2,1H3,(H,15,16);/q;;;+1/p-1. The number of amides is 1. The number of hydrogen-bond acceptors (Lipinski definition) is 16. The number of Topliss-reactive ketones (excluding diaryl/α,β-unsaturated/α-hetero) is 2. The second-order valence-corrected chi connectivity index (χ2v) is 17.7. The van der Waals surface area contributed by atoms with Gasteiger partial charge < -0.3 is 49.9 Å². The van der Waals surface area contributed by atoms with E-state index in [1.807, 2.05) is 62.4 Å². The van der Waals surface area contributed by atoms with Crippen LogP contribution in [0.4, 0.5) is 60.5 Å². The minimum Gasteiger partial charge on any atom is -0.542 e. The number of alkyl halides is 6. The van der Waals surface area contributed by atoms with Gasteiger partial charge in [-0.15, -0.1) is 0 Å². The molecule has 2 aromatic heterocycles. The topological polar surface area (TPSA) is 284 Å². The molecule has 6 aromatic carbocycles. The number of nitrogens with zero attached hydrogens (tertiary/aromatic N) is 2. The third-order valence-corrected chi connectivity index (χ3v) is 11.4. The molecular weight excluding hydrogens is 1090 g/mol. The van der Waals surface area contributed by atoms with E-state index < -0.39 is 68.1 Å². The Bertz CT molecular complexity index is 3550. The smallest absolute Gasteiger partial charge is 0.542 e. The monoisotopic (exact) mass is 1130 g/mol. The fourth-order valence-corrected chi connectivity index (χ4v) is 7.58. The van der Waals surface area contributed by atoms with Gasteiger partial charge in [-0.1, -0.05) is 23.3 Å². The predicted molar refractivity (Wildman–Crippen MR) is 282 cm³/mol. The van der Waals surface area contributed by atoms with Gasteiger partial charge in [-0.05, 0) is 123 Å². The van der Waals surface area contributed by atoms with Crippen LogP contribution in [0.25, 0.3) is 21.9 Å². The van der Waals surface area contributed by atoms with E-state index in [1.165, 1.54) is 12.1 Å². The number of nitro benzene ring substituents is 2. The molecule has 8 aromatic rings. The van der Waals surface area contributed by atoms with E-state index in [9.17, 15) is 70.9 Å². The van der Waals surface area contributed by atoms with Gasteiger partial charge in [0, 0.05) is 77.9 Å². The summed E-state index contributed by atoms with van der Waals surface area (Å²) in [5.41, 5.74) is 5.36. The maximum atomic E-state index is 13.2. The number of aliphatic carboxylic acids is 1. The summed E-state index contributed by atoms with van der Waals surface area (Å²) in [5, 5.41) is 41.8. The summed E-state index contributed by atoms with van der Waals surface area (Å²) in [4.78, 5) is 64.9. The zero-order valence-corrected chi connectivity index (χ0v) is 43.9. The van der Waals surface area contributed by atoms with Crippen LogP contribution in [0.1, 0.15) is 46.6 Å². The summed E-state index contributed by atoms with van der Waals surface area (Å²) in [6, 6.07) is 33.3. The molecule has 19 nitrogen and oxygen atoms in total. The Kier molecular flexibility index (Phi) is 22.4. The van der Waals surface area contributed by atoms with Gasteiger partial charge in [-0.3, -0.25) is 34.6 Å². The van der Waals surface area contributed by atoms with Crippen molar-refractivity contribution in [1.82, 2.24) is 5.32 Å². The van der Waals surface area contributed by atoms with Crippen molar-refractivity contribution in [1.29, 1.82) is 0 Å². The van der Waals surface area contributed by atoms with Crippen LogP contribution in [-0.2, 0) is 44.4 Å². The number of hydrogen-bond donors (Lipinski definition) is 4. The largest absolute Gasteiger partial charge is 1.00 e. The molecule has 424 valence electrons. The van der Waals surface area contributed by atoms with Crippen LogP contribution < -0.4 is 55.1 Å². The van der Waals surface area contributed by atoms with E-state index in [-0.39, 0.29) is 62.6 Å². The molecule has 0 aliphatic heterocycles. The van der Waals surface area contributed by atoms with E-state index in [0.29, 0.717) is 66.1 Å². The van der Waals surface area contributed by atoms with Crippen molar-refractivity contribution in [2.24, 2.45) is 5.73 Å². The van der Waals surface area contributed by atoms with Crippen molar-refractivity contribution in [3.8, 4) is 11.5 Å². The van der Waals surface area contributed by atoms with Crippen LogP contribution in [0, 0.1) is 34.1 Å². The number of fused-ring (bicyclic) bond motifs is 2. The number of nitro groups is 2. The number of carbonyl (C=O) groups is 4. The van der Waals surface area contributed by atoms with Crippen LogP contribution in [0.2, 0.25) is 0 Å². The number of anilines is 4. The molecule has 0 atom stereocenters. The molecule has 2 heterocycles. The molecule has 82 heavy (non-hydrogen) atoms. The zero-order valence-electron chi connectivity index (χ0n) is 43.9. The first-order valence-corrected chi connectivity index (χ1v) is 24.3. The normalized spacial score (nSPS) is 11.0. The van der Waals surface area contributed by atoms with Crippen molar-refractivity contribution < 1.29 is 97.6 Å².